The molecule has 1 aromatic heterocycles. The van der Waals surface area contributed by atoms with Gasteiger partial charge in [-0.05, 0) is 52.0 Å². The van der Waals surface area contributed by atoms with Crippen molar-refractivity contribution in [3.63, 3.8) is 0 Å². The van der Waals surface area contributed by atoms with E-state index in [9.17, 15) is 23.1 Å². The number of carboxylic acids is 1. The highest BCUT2D eigenvalue weighted by molar-refractivity contribution is 7.90. The number of aromatic carboxylic acids is 1. The van der Waals surface area contributed by atoms with Crippen LogP contribution in [-0.4, -0.2) is 36.2 Å². The zero-order valence-electron chi connectivity index (χ0n) is 15.3. The number of hydrogen-bond donors (Lipinski definition) is 2. The third-order valence-corrected chi connectivity index (χ3v) is 5.18. The fourth-order valence-electron chi connectivity index (χ4n) is 3.01. The van der Waals surface area contributed by atoms with Crippen LogP contribution in [0.5, 0.6) is 0 Å². The van der Waals surface area contributed by atoms with Gasteiger partial charge < -0.3 is 15.0 Å². The van der Waals surface area contributed by atoms with Crippen molar-refractivity contribution in [3.8, 4) is 0 Å². The number of anilines is 1. The van der Waals surface area contributed by atoms with Gasteiger partial charge in [-0.1, -0.05) is 0 Å². The average molecular weight is 378 g/mol. The molecule has 26 heavy (non-hydrogen) atoms. The number of nitrogens with zero attached hydrogens (tertiary/aromatic N) is 1. The largest absolute Gasteiger partial charge is 0.478 e. The molecule has 2 aromatic rings. The van der Waals surface area contributed by atoms with Crippen molar-refractivity contribution in [1.82, 2.24) is 4.57 Å². The Balaban J connectivity index is 2.45. The second-order valence-corrected chi connectivity index (χ2v) is 8.54. The zero-order valence-corrected chi connectivity index (χ0v) is 16.1. The minimum Gasteiger partial charge on any atom is -0.478 e. The summed E-state index contributed by atoms with van der Waals surface area (Å²) in [6, 6.07) is 5.49. The highest BCUT2D eigenvalue weighted by Crippen LogP contribution is 2.23. The van der Waals surface area contributed by atoms with Gasteiger partial charge in [-0.2, -0.15) is 0 Å². The molecule has 0 saturated heterocycles. The maximum absolute atomic E-state index is 12.6. The molecule has 140 valence electrons. The number of benzene rings is 1. The van der Waals surface area contributed by atoms with Gasteiger partial charge in [-0.25, -0.2) is 13.2 Å². The van der Waals surface area contributed by atoms with Crippen molar-refractivity contribution < 1.29 is 23.1 Å². The van der Waals surface area contributed by atoms with Gasteiger partial charge in [0, 0.05) is 29.4 Å². The molecule has 0 spiro atoms. The molecule has 0 radical (unpaired) electrons. The Morgan fingerprint density at radius 1 is 1.12 bits per heavy atom. The van der Waals surface area contributed by atoms with Gasteiger partial charge >= 0.3 is 5.97 Å². The lowest BCUT2D eigenvalue weighted by atomic mass is 10.2. The number of sulfone groups is 1. The molecule has 0 aliphatic rings. The molecule has 2 rings (SSSR count). The Morgan fingerprint density at radius 3 is 2.19 bits per heavy atom. The first kappa shape index (κ1) is 19.7. The van der Waals surface area contributed by atoms with E-state index in [4.69, 9.17) is 0 Å². The van der Waals surface area contributed by atoms with Gasteiger partial charge in [-0.15, -0.1) is 0 Å². The van der Waals surface area contributed by atoms with Gasteiger partial charge in [0.1, 0.15) is 0 Å². The number of nitrogens with one attached hydrogen (secondary N) is 1. The number of carbonyl (C=O) groups is 2. The zero-order chi connectivity index (χ0) is 19.8. The number of amides is 1. The summed E-state index contributed by atoms with van der Waals surface area (Å²) in [5, 5.41) is 11.8. The second-order valence-electron chi connectivity index (χ2n) is 6.53. The van der Waals surface area contributed by atoms with Gasteiger partial charge in [-0.3, -0.25) is 4.79 Å². The van der Waals surface area contributed by atoms with Crippen LogP contribution < -0.4 is 5.32 Å². The molecule has 0 aliphatic carbocycles. The highest BCUT2D eigenvalue weighted by Gasteiger charge is 2.19. The molecule has 7 nitrogen and oxygen atoms in total. The predicted octanol–water partition coefficient (Wildman–Crippen LogP) is 3.04. The van der Waals surface area contributed by atoms with Crippen LogP contribution >= 0.6 is 0 Å². The smallest absolute Gasteiger partial charge is 0.335 e. The van der Waals surface area contributed by atoms with Crippen LogP contribution in [0, 0.1) is 13.8 Å². The molecule has 0 fully saturated rings. The van der Waals surface area contributed by atoms with Gasteiger partial charge in [0.25, 0.3) is 5.91 Å². The predicted molar refractivity (Wildman–Crippen MR) is 98.8 cm³/mol. The van der Waals surface area contributed by atoms with Crippen LogP contribution in [0.4, 0.5) is 5.69 Å². The molecule has 0 aliphatic heterocycles. The second kappa shape index (κ2) is 6.95. The van der Waals surface area contributed by atoms with Crippen molar-refractivity contribution in [2.24, 2.45) is 0 Å². The first-order valence-electron chi connectivity index (χ1n) is 8.00. The van der Waals surface area contributed by atoms with Crippen LogP contribution in [-0.2, 0) is 9.84 Å². The lowest BCUT2D eigenvalue weighted by Crippen LogP contribution is -2.15. The Bertz CT molecular complexity index is 987. The van der Waals surface area contributed by atoms with Gasteiger partial charge in [0.15, 0.2) is 9.84 Å². The van der Waals surface area contributed by atoms with E-state index in [1.165, 1.54) is 12.1 Å². The van der Waals surface area contributed by atoms with Crippen LogP contribution in [0.1, 0.15) is 52.0 Å². The summed E-state index contributed by atoms with van der Waals surface area (Å²) in [5.74, 6) is -1.70. The minimum atomic E-state index is -3.62. The number of aromatic nitrogens is 1. The third-order valence-electron chi connectivity index (χ3n) is 4.08. The molecule has 2 N–H and O–H groups in total. The minimum absolute atomic E-state index is 0.115. The summed E-state index contributed by atoms with van der Waals surface area (Å²) in [6.07, 6.45) is 0.982. The number of rotatable bonds is 5. The number of carboxylic acid groups (broad SMARTS) is 1. The van der Waals surface area contributed by atoms with Crippen LogP contribution in [0.15, 0.2) is 29.2 Å². The standard InChI is InChI=1S/C18H22N2O5S/c1-10(2)20-11(3)6-16(12(20)4)17(21)19-14-7-13(18(22)23)8-15(9-14)26(5,24)25/h6-10H,1-5H3,(H,19,21)(H,22,23). The third kappa shape index (κ3) is 3.96. The van der Waals surface area contributed by atoms with Crippen LogP contribution in [0.25, 0.3) is 0 Å². The molecule has 0 saturated carbocycles. The van der Waals surface area contributed by atoms with Crippen LogP contribution in [0.2, 0.25) is 0 Å². The van der Waals surface area contributed by atoms with E-state index >= 15 is 0 Å². The quantitative estimate of drug-likeness (QED) is 0.832. The highest BCUT2D eigenvalue weighted by atomic mass is 32.2. The van der Waals surface area contributed by atoms with E-state index in [1.807, 2.05) is 32.3 Å². The van der Waals surface area contributed by atoms with E-state index in [0.29, 0.717) is 5.56 Å². The number of aryl methyl sites for hydroxylation is 1. The summed E-state index contributed by atoms with van der Waals surface area (Å²) in [4.78, 5) is 23.7. The van der Waals surface area contributed by atoms with Gasteiger partial charge in [0.05, 0.1) is 16.0 Å². The molecular formula is C18H22N2O5S. The lowest BCUT2D eigenvalue weighted by molar-refractivity contribution is 0.0696. The maximum Gasteiger partial charge on any atom is 0.335 e. The number of hydrogen-bond acceptors (Lipinski definition) is 4. The Labute approximate surface area is 152 Å². The summed E-state index contributed by atoms with van der Waals surface area (Å²) >= 11 is 0. The Hall–Kier alpha value is -2.61. The first-order chi connectivity index (χ1) is 11.9. The molecule has 1 amide bonds. The molecule has 0 atom stereocenters. The fraction of sp³-hybridized carbons (Fsp3) is 0.333. The molecule has 1 aromatic carbocycles. The summed E-state index contributed by atoms with van der Waals surface area (Å²) < 4.78 is 25.6. The number of carbonyl (C=O) groups excluding carboxylic acids is 1. The molecular weight excluding hydrogens is 356 g/mol. The van der Waals surface area contributed by atoms with E-state index < -0.39 is 21.7 Å². The topological polar surface area (TPSA) is 105 Å². The van der Waals surface area contributed by atoms with Crippen molar-refractivity contribution in [2.45, 2.75) is 38.6 Å². The van der Waals surface area contributed by atoms with Gasteiger partial charge in [0.2, 0.25) is 0 Å². The maximum atomic E-state index is 12.6. The summed E-state index contributed by atoms with van der Waals surface area (Å²) in [7, 11) is -3.62. The van der Waals surface area contributed by atoms with E-state index in [2.05, 4.69) is 5.32 Å². The fourth-order valence-corrected chi connectivity index (χ4v) is 3.69. The van der Waals surface area contributed by atoms with Crippen LogP contribution in [0.3, 0.4) is 0 Å². The van der Waals surface area contributed by atoms with Crippen molar-refractivity contribution in [2.75, 3.05) is 11.6 Å². The van der Waals surface area contributed by atoms with E-state index in [-0.39, 0.29) is 22.2 Å². The van der Waals surface area contributed by atoms with E-state index in [0.717, 1.165) is 23.7 Å². The Morgan fingerprint density at radius 2 is 1.73 bits per heavy atom. The SMILES string of the molecule is Cc1cc(C(=O)Nc2cc(C(=O)O)cc(S(C)(=O)=O)c2)c(C)n1C(C)C. The van der Waals surface area contributed by atoms with Crippen molar-refractivity contribution >= 4 is 27.4 Å². The monoisotopic (exact) mass is 378 g/mol. The molecule has 0 unspecified atom stereocenters. The summed E-state index contributed by atoms with van der Waals surface area (Å²) in [6.45, 7) is 7.75. The lowest BCUT2D eigenvalue weighted by Gasteiger charge is -2.14. The normalized spacial score (nSPS) is 11.6. The summed E-state index contributed by atoms with van der Waals surface area (Å²) in [5.41, 5.74) is 2.07. The molecule has 1 heterocycles. The first-order valence-corrected chi connectivity index (χ1v) is 9.89. The van der Waals surface area contributed by atoms with E-state index in [1.54, 1.807) is 6.07 Å². The van der Waals surface area contributed by atoms with Crippen molar-refractivity contribution in [1.29, 1.82) is 0 Å². The average Bonchev–Trinajstić information content (AvgIpc) is 2.80. The Kier molecular flexibility index (Phi) is 5.27. The molecule has 0 bridgehead atoms. The van der Waals surface area contributed by atoms with Crippen molar-refractivity contribution in [3.05, 3.63) is 46.8 Å². The molecule has 8 heteroatoms.